The summed E-state index contributed by atoms with van der Waals surface area (Å²) in [7, 11) is -4.19. The van der Waals surface area contributed by atoms with Gasteiger partial charge in [-0.2, -0.15) is 0 Å². The van der Waals surface area contributed by atoms with Crippen molar-refractivity contribution in [1.82, 2.24) is 19.9 Å². The maximum atomic E-state index is 14.6. The molecule has 2 heterocycles. The van der Waals surface area contributed by atoms with Gasteiger partial charge < -0.3 is 10.2 Å². The van der Waals surface area contributed by atoms with Gasteiger partial charge in [-0.05, 0) is 45.2 Å². The van der Waals surface area contributed by atoms with Gasteiger partial charge in [0.1, 0.15) is 10.8 Å². The number of allylic oxidation sites excluding steroid dienone is 1. The molecule has 1 fully saturated rings. The van der Waals surface area contributed by atoms with Gasteiger partial charge in [-0.1, -0.05) is 12.1 Å². The highest BCUT2D eigenvalue weighted by Gasteiger charge is 2.57. The lowest BCUT2D eigenvalue weighted by Gasteiger charge is -2.42. The number of benzene rings is 1. The maximum Gasteiger partial charge on any atom is 0.253 e. The Kier molecular flexibility index (Phi) is 6.21. The van der Waals surface area contributed by atoms with E-state index in [-0.39, 0.29) is 37.0 Å². The second-order valence-electron chi connectivity index (χ2n) is 9.68. The molecule has 35 heavy (non-hydrogen) atoms. The van der Waals surface area contributed by atoms with Crippen molar-refractivity contribution < 1.29 is 22.0 Å². The summed E-state index contributed by atoms with van der Waals surface area (Å²) in [5, 5.41) is 3.41. The smallest absolute Gasteiger partial charge is 0.253 e. The average Bonchev–Trinajstić information content (AvgIpc) is 3.41. The maximum absolute atomic E-state index is 14.6. The van der Waals surface area contributed by atoms with Crippen LogP contribution in [0.2, 0.25) is 0 Å². The molecule has 2 aliphatic carbocycles. The Morgan fingerprint density at radius 3 is 2.74 bits per heavy atom. The largest absolute Gasteiger partial charge is 0.371 e. The monoisotopic (exact) mass is 522 g/mol. The van der Waals surface area contributed by atoms with Crippen LogP contribution in [-0.4, -0.2) is 48.0 Å². The Bertz CT molecular complexity index is 1290. The zero-order valence-electron chi connectivity index (χ0n) is 19.6. The van der Waals surface area contributed by atoms with Crippen LogP contribution in [0.3, 0.4) is 0 Å². The minimum absolute atomic E-state index is 0.0205. The third kappa shape index (κ3) is 4.49. The molecule has 188 valence electrons. The number of hydrogen-bond donors (Lipinski definition) is 2. The van der Waals surface area contributed by atoms with E-state index < -0.39 is 27.0 Å². The Morgan fingerprint density at radius 1 is 1.31 bits per heavy atom. The Labute approximate surface area is 207 Å². The third-order valence-corrected chi connectivity index (χ3v) is 9.89. The van der Waals surface area contributed by atoms with E-state index in [9.17, 15) is 22.0 Å². The van der Waals surface area contributed by atoms with Gasteiger partial charge in [0.05, 0.1) is 12.4 Å². The van der Waals surface area contributed by atoms with Gasteiger partial charge in [0.15, 0.2) is 0 Å². The molecule has 0 spiro atoms. The molecule has 0 unspecified atom stereocenters. The first kappa shape index (κ1) is 24.3. The van der Waals surface area contributed by atoms with Gasteiger partial charge in [-0.3, -0.25) is 4.79 Å². The lowest BCUT2D eigenvalue weighted by molar-refractivity contribution is -0.131. The molecule has 3 aliphatic rings. The molecule has 2 N–H and O–H groups in total. The van der Waals surface area contributed by atoms with Crippen LogP contribution in [0, 0.1) is 11.7 Å². The van der Waals surface area contributed by atoms with Crippen LogP contribution in [0.1, 0.15) is 45.2 Å². The topological polar surface area (TPSA) is 91.4 Å². The van der Waals surface area contributed by atoms with Gasteiger partial charge in [0, 0.05) is 53.1 Å². The molecule has 7 nitrogen and oxygen atoms in total. The number of alkyl halides is 1. The van der Waals surface area contributed by atoms with Crippen molar-refractivity contribution in [2.75, 3.05) is 6.67 Å². The molecule has 5 rings (SSSR count). The molecule has 2 atom stereocenters. The average molecular weight is 523 g/mol. The summed E-state index contributed by atoms with van der Waals surface area (Å²) >= 11 is 1.29. The highest BCUT2D eigenvalue weighted by Crippen LogP contribution is 2.45. The van der Waals surface area contributed by atoms with Crippen LogP contribution < -0.4 is 10.0 Å². The highest BCUT2D eigenvalue weighted by molar-refractivity contribution is 7.91. The van der Waals surface area contributed by atoms with Crippen LogP contribution in [0.25, 0.3) is 10.6 Å². The number of thiazole rings is 1. The number of carbonyl (C=O) groups is 1. The van der Waals surface area contributed by atoms with Crippen molar-refractivity contribution in [3.63, 3.8) is 0 Å². The van der Waals surface area contributed by atoms with E-state index in [1.54, 1.807) is 28.5 Å². The number of rotatable bonds is 7. The Morgan fingerprint density at radius 2 is 2.06 bits per heavy atom. The van der Waals surface area contributed by atoms with Crippen molar-refractivity contribution in [2.45, 2.75) is 63.0 Å². The van der Waals surface area contributed by atoms with Crippen molar-refractivity contribution >= 4 is 27.3 Å². The second-order valence-corrected chi connectivity index (χ2v) is 12.5. The van der Waals surface area contributed by atoms with Crippen LogP contribution in [0.5, 0.6) is 0 Å². The molecule has 0 bridgehead atoms. The summed E-state index contributed by atoms with van der Waals surface area (Å²) < 4.78 is 57.0. The number of sulfonamides is 1. The van der Waals surface area contributed by atoms with Gasteiger partial charge in [0.25, 0.3) is 5.91 Å². The summed E-state index contributed by atoms with van der Waals surface area (Å²) in [6.07, 6.45) is 1.16. The Hall–Kier alpha value is -2.37. The Balaban J connectivity index is 1.49. The van der Waals surface area contributed by atoms with Gasteiger partial charge in [-0.15, -0.1) is 11.3 Å². The number of carbonyl (C=O) groups excluding carboxylic acids is 1. The van der Waals surface area contributed by atoms with E-state index in [4.69, 9.17) is 0 Å². The first-order chi connectivity index (χ1) is 16.6. The number of halogens is 2. The van der Waals surface area contributed by atoms with E-state index >= 15 is 0 Å². The molecule has 1 aliphatic heterocycles. The third-order valence-electron chi connectivity index (χ3n) is 6.98. The number of aromatic nitrogens is 1. The molecule has 1 saturated carbocycles. The van der Waals surface area contributed by atoms with E-state index in [0.29, 0.717) is 41.3 Å². The normalized spacial score (nSPS) is 23.9. The van der Waals surface area contributed by atoms with Crippen molar-refractivity contribution in [1.29, 1.82) is 0 Å². The zero-order chi connectivity index (χ0) is 25.0. The highest BCUT2D eigenvalue weighted by atomic mass is 32.2. The first-order valence-electron chi connectivity index (χ1n) is 11.8. The molecule has 0 saturated heterocycles. The van der Waals surface area contributed by atoms with Crippen LogP contribution >= 0.6 is 11.3 Å². The van der Waals surface area contributed by atoms with Crippen LogP contribution in [0.15, 0.2) is 40.9 Å². The van der Waals surface area contributed by atoms with Gasteiger partial charge in [0.2, 0.25) is 15.0 Å². The van der Waals surface area contributed by atoms with Crippen LogP contribution in [0.4, 0.5) is 8.78 Å². The summed E-state index contributed by atoms with van der Waals surface area (Å²) in [4.78, 5) is 19.8. The molecular formula is C24H28F2N4O3S2. The standard InChI is InChI=1S/C24H28F2N4O3S2/c1-14(2)30-13-27-20-8-7-19(29-35(32,33)24(26)9-10-24)17(21(20)23(30)31)11-15-12-34-22(28-15)16-5-3-4-6-18(16)25/h3-6,12,14,17,19,27,29H,7-11,13H2,1-2H3/t17-,19-/m0/s1. The zero-order valence-corrected chi connectivity index (χ0v) is 21.2. The molecule has 1 aromatic heterocycles. The predicted molar refractivity (Wildman–Crippen MR) is 130 cm³/mol. The predicted octanol–water partition coefficient (Wildman–Crippen LogP) is 3.70. The minimum atomic E-state index is -4.19. The number of nitrogens with one attached hydrogen (secondary N) is 2. The summed E-state index contributed by atoms with van der Waals surface area (Å²) in [6, 6.07) is 5.68. The molecule has 0 radical (unpaired) electrons. The van der Waals surface area contributed by atoms with E-state index in [2.05, 4.69) is 15.0 Å². The molecule has 11 heteroatoms. The van der Waals surface area contributed by atoms with E-state index in [0.717, 1.165) is 5.70 Å². The fourth-order valence-corrected chi connectivity index (χ4v) is 7.19. The lowest BCUT2D eigenvalue weighted by atomic mass is 9.78. The van der Waals surface area contributed by atoms with E-state index in [1.165, 1.54) is 17.4 Å². The molecule has 2 aromatic rings. The second kappa shape index (κ2) is 8.94. The SMILES string of the molecule is CC(C)N1CNC2=C(C1=O)[C@@H](Cc1csc(-c3ccccc3F)n1)[C@@H](NS(=O)(=O)C1(F)CC1)CC2. The summed E-state index contributed by atoms with van der Waals surface area (Å²) in [5.74, 6) is -1.06. The first-order valence-corrected chi connectivity index (χ1v) is 14.1. The number of nitrogens with zero attached hydrogens (tertiary/aromatic N) is 2. The fourth-order valence-electron chi connectivity index (χ4n) is 4.80. The molecular weight excluding hydrogens is 494 g/mol. The van der Waals surface area contributed by atoms with Crippen molar-refractivity contribution in [3.05, 3.63) is 52.4 Å². The van der Waals surface area contributed by atoms with Crippen LogP contribution in [-0.2, 0) is 21.2 Å². The van der Waals surface area contributed by atoms with E-state index in [1.807, 2.05) is 13.8 Å². The summed E-state index contributed by atoms with van der Waals surface area (Å²) in [5.41, 5.74) is 2.34. The van der Waals surface area contributed by atoms with Gasteiger partial charge >= 0.3 is 0 Å². The fraction of sp³-hybridized carbons (Fsp3) is 0.500. The number of hydrogen-bond acceptors (Lipinski definition) is 6. The number of amides is 1. The quantitative estimate of drug-likeness (QED) is 0.579. The van der Waals surface area contributed by atoms with Crippen molar-refractivity contribution in [3.8, 4) is 10.6 Å². The molecule has 1 aromatic carbocycles. The molecule has 1 amide bonds. The minimum Gasteiger partial charge on any atom is -0.371 e. The van der Waals surface area contributed by atoms with Crippen molar-refractivity contribution in [2.24, 2.45) is 5.92 Å². The summed E-state index contributed by atoms with van der Waals surface area (Å²) in [6.45, 7) is 4.23. The van der Waals surface area contributed by atoms with Gasteiger partial charge in [-0.25, -0.2) is 26.9 Å². The lowest BCUT2D eigenvalue weighted by Crippen LogP contribution is -2.55.